The van der Waals surface area contributed by atoms with Crippen molar-refractivity contribution in [1.82, 2.24) is 4.98 Å². The zero-order valence-corrected chi connectivity index (χ0v) is 11.4. The lowest BCUT2D eigenvalue weighted by atomic mass is 9.86. The number of rotatable bonds is 2. The standard InChI is InChI=1S/C15H14F3NO/c1-15(2,3)14-12(18)5-9(16)6-13(14)20-11-4-10(17)7-19-8-11/h4-8H,1-3H3. The van der Waals surface area contributed by atoms with Crippen LogP contribution in [-0.4, -0.2) is 4.98 Å². The number of halogens is 3. The summed E-state index contributed by atoms with van der Waals surface area (Å²) in [6, 6.07) is 2.98. The highest BCUT2D eigenvalue weighted by molar-refractivity contribution is 5.42. The predicted molar refractivity (Wildman–Crippen MR) is 69.3 cm³/mol. The molecule has 0 unspecified atom stereocenters. The molecule has 0 atom stereocenters. The number of pyridine rings is 1. The van der Waals surface area contributed by atoms with Crippen LogP contribution in [-0.2, 0) is 5.41 Å². The monoisotopic (exact) mass is 281 g/mol. The van der Waals surface area contributed by atoms with E-state index in [1.165, 1.54) is 6.20 Å². The van der Waals surface area contributed by atoms with Crippen LogP contribution >= 0.6 is 0 Å². The van der Waals surface area contributed by atoms with Gasteiger partial charge in [-0.1, -0.05) is 20.8 Å². The van der Waals surface area contributed by atoms with Crippen molar-refractivity contribution in [3.8, 4) is 11.5 Å². The quantitative estimate of drug-likeness (QED) is 0.803. The Balaban J connectivity index is 2.50. The largest absolute Gasteiger partial charge is 0.455 e. The van der Waals surface area contributed by atoms with Crippen molar-refractivity contribution >= 4 is 0 Å². The van der Waals surface area contributed by atoms with Crippen LogP contribution in [0.3, 0.4) is 0 Å². The average molecular weight is 281 g/mol. The van der Waals surface area contributed by atoms with Crippen LogP contribution in [0.25, 0.3) is 0 Å². The highest BCUT2D eigenvalue weighted by Gasteiger charge is 2.25. The van der Waals surface area contributed by atoms with Crippen molar-refractivity contribution in [2.24, 2.45) is 0 Å². The minimum Gasteiger partial charge on any atom is -0.455 e. The van der Waals surface area contributed by atoms with E-state index in [1.807, 2.05) is 0 Å². The second-order valence-corrected chi connectivity index (χ2v) is 5.45. The molecule has 0 N–H and O–H groups in total. The molecular formula is C15H14F3NO. The first-order valence-electron chi connectivity index (χ1n) is 6.05. The molecule has 1 aromatic heterocycles. The van der Waals surface area contributed by atoms with Gasteiger partial charge in [-0.3, -0.25) is 4.98 Å². The van der Waals surface area contributed by atoms with Gasteiger partial charge in [-0.2, -0.15) is 0 Å². The van der Waals surface area contributed by atoms with Crippen molar-refractivity contribution in [2.75, 3.05) is 0 Å². The molecule has 0 bridgehead atoms. The zero-order valence-electron chi connectivity index (χ0n) is 11.4. The van der Waals surface area contributed by atoms with Gasteiger partial charge in [0.25, 0.3) is 0 Å². The van der Waals surface area contributed by atoms with Crippen molar-refractivity contribution < 1.29 is 17.9 Å². The third-order valence-corrected chi connectivity index (χ3v) is 2.68. The van der Waals surface area contributed by atoms with Gasteiger partial charge >= 0.3 is 0 Å². The summed E-state index contributed by atoms with van der Waals surface area (Å²) in [5, 5.41) is 0. The molecule has 106 valence electrons. The van der Waals surface area contributed by atoms with E-state index in [4.69, 9.17) is 4.74 Å². The van der Waals surface area contributed by atoms with Gasteiger partial charge in [0.15, 0.2) is 0 Å². The fraction of sp³-hybridized carbons (Fsp3) is 0.267. The molecule has 1 aromatic carbocycles. The molecule has 2 nitrogen and oxygen atoms in total. The smallest absolute Gasteiger partial charge is 0.148 e. The van der Waals surface area contributed by atoms with E-state index >= 15 is 0 Å². The van der Waals surface area contributed by atoms with Gasteiger partial charge in [-0.05, 0) is 5.41 Å². The number of ether oxygens (including phenoxy) is 1. The second-order valence-electron chi connectivity index (χ2n) is 5.45. The van der Waals surface area contributed by atoms with Gasteiger partial charge in [-0.15, -0.1) is 0 Å². The molecule has 2 rings (SSSR count). The van der Waals surface area contributed by atoms with E-state index in [2.05, 4.69) is 4.98 Å². The fourth-order valence-electron chi connectivity index (χ4n) is 1.93. The average Bonchev–Trinajstić information content (AvgIpc) is 2.25. The Labute approximate surface area is 115 Å². The summed E-state index contributed by atoms with van der Waals surface area (Å²) in [7, 11) is 0. The summed E-state index contributed by atoms with van der Waals surface area (Å²) in [4.78, 5) is 3.63. The maximum absolute atomic E-state index is 14.0. The predicted octanol–water partition coefficient (Wildman–Crippen LogP) is 4.59. The normalized spacial score (nSPS) is 11.5. The van der Waals surface area contributed by atoms with Gasteiger partial charge < -0.3 is 4.74 Å². The minimum absolute atomic E-state index is 0.0161. The van der Waals surface area contributed by atoms with Crippen LogP contribution in [0.5, 0.6) is 11.5 Å². The lowest BCUT2D eigenvalue weighted by molar-refractivity contribution is 0.425. The lowest BCUT2D eigenvalue weighted by Crippen LogP contribution is -2.15. The Morgan fingerprint density at radius 2 is 1.65 bits per heavy atom. The summed E-state index contributed by atoms with van der Waals surface area (Å²) < 4.78 is 45.8. The number of aromatic nitrogens is 1. The van der Waals surface area contributed by atoms with E-state index < -0.39 is 22.9 Å². The molecule has 20 heavy (non-hydrogen) atoms. The number of hydrogen-bond acceptors (Lipinski definition) is 2. The van der Waals surface area contributed by atoms with Crippen LogP contribution in [0.1, 0.15) is 26.3 Å². The Hall–Kier alpha value is -2.04. The Morgan fingerprint density at radius 1 is 0.950 bits per heavy atom. The summed E-state index contributed by atoms with van der Waals surface area (Å²) in [5.74, 6) is -1.94. The highest BCUT2D eigenvalue weighted by atomic mass is 19.1. The SMILES string of the molecule is CC(C)(C)c1c(F)cc(F)cc1Oc1cncc(F)c1. The van der Waals surface area contributed by atoms with E-state index in [0.29, 0.717) is 0 Å². The summed E-state index contributed by atoms with van der Waals surface area (Å²) >= 11 is 0. The van der Waals surface area contributed by atoms with Crippen molar-refractivity contribution in [1.29, 1.82) is 0 Å². The maximum Gasteiger partial charge on any atom is 0.148 e. The Morgan fingerprint density at radius 3 is 2.25 bits per heavy atom. The van der Waals surface area contributed by atoms with Crippen LogP contribution in [0.4, 0.5) is 13.2 Å². The number of hydrogen-bond donors (Lipinski definition) is 0. The first-order chi connectivity index (χ1) is 9.27. The Kier molecular flexibility index (Phi) is 3.70. The zero-order chi connectivity index (χ0) is 14.9. The summed E-state index contributed by atoms with van der Waals surface area (Å²) in [6.45, 7) is 5.33. The molecule has 0 aliphatic heterocycles. The lowest BCUT2D eigenvalue weighted by Gasteiger charge is -2.23. The maximum atomic E-state index is 14.0. The van der Waals surface area contributed by atoms with Crippen LogP contribution in [0, 0.1) is 17.5 Å². The molecule has 0 aliphatic rings. The minimum atomic E-state index is -0.755. The Bertz CT molecular complexity index is 636. The fourth-order valence-corrected chi connectivity index (χ4v) is 1.93. The molecule has 0 fully saturated rings. The molecular weight excluding hydrogens is 267 g/mol. The van der Waals surface area contributed by atoms with Crippen molar-refractivity contribution in [3.63, 3.8) is 0 Å². The third-order valence-electron chi connectivity index (χ3n) is 2.68. The van der Waals surface area contributed by atoms with E-state index in [9.17, 15) is 13.2 Å². The van der Waals surface area contributed by atoms with E-state index in [-0.39, 0.29) is 17.1 Å². The number of benzene rings is 1. The summed E-state index contributed by atoms with van der Waals surface area (Å²) in [6.07, 6.45) is 2.29. The molecule has 0 saturated heterocycles. The number of nitrogens with zero attached hydrogens (tertiary/aromatic N) is 1. The van der Waals surface area contributed by atoms with Gasteiger partial charge in [0, 0.05) is 23.8 Å². The molecule has 0 spiro atoms. The molecule has 0 radical (unpaired) electrons. The van der Waals surface area contributed by atoms with Gasteiger partial charge in [0.1, 0.15) is 29.0 Å². The molecule has 0 amide bonds. The van der Waals surface area contributed by atoms with Gasteiger partial charge in [0.2, 0.25) is 0 Å². The summed E-state index contributed by atoms with van der Waals surface area (Å²) in [5.41, 5.74) is -0.364. The molecule has 1 heterocycles. The molecule has 2 aromatic rings. The second kappa shape index (κ2) is 5.15. The van der Waals surface area contributed by atoms with Crippen LogP contribution in [0.2, 0.25) is 0 Å². The van der Waals surface area contributed by atoms with Gasteiger partial charge in [0.05, 0.1) is 12.4 Å². The molecule has 5 heteroatoms. The van der Waals surface area contributed by atoms with E-state index in [0.717, 1.165) is 24.4 Å². The topological polar surface area (TPSA) is 22.1 Å². The first-order valence-corrected chi connectivity index (χ1v) is 6.05. The van der Waals surface area contributed by atoms with Crippen LogP contribution in [0.15, 0.2) is 30.6 Å². The first kappa shape index (κ1) is 14.4. The van der Waals surface area contributed by atoms with Crippen molar-refractivity contribution in [2.45, 2.75) is 26.2 Å². The highest BCUT2D eigenvalue weighted by Crippen LogP contribution is 2.36. The molecule has 0 saturated carbocycles. The van der Waals surface area contributed by atoms with Crippen LogP contribution < -0.4 is 4.74 Å². The van der Waals surface area contributed by atoms with Crippen molar-refractivity contribution in [3.05, 3.63) is 53.6 Å². The third kappa shape index (κ3) is 3.10. The van der Waals surface area contributed by atoms with E-state index in [1.54, 1.807) is 20.8 Å². The van der Waals surface area contributed by atoms with Gasteiger partial charge in [-0.25, -0.2) is 13.2 Å². The molecule has 0 aliphatic carbocycles.